The van der Waals surface area contributed by atoms with Crippen LogP contribution < -0.4 is 5.32 Å². The summed E-state index contributed by atoms with van der Waals surface area (Å²) >= 11 is 7.08. The molecule has 8 nitrogen and oxygen atoms in total. The van der Waals surface area contributed by atoms with Crippen LogP contribution in [0.5, 0.6) is 0 Å². The molecule has 0 bridgehead atoms. The van der Waals surface area contributed by atoms with Crippen LogP contribution in [0.25, 0.3) is 0 Å². The number of amides is 1. The second kappa shape index (κ2) is 9.20. The van der Waals surface area contributed by atoms with Crippen molar-refractivity contribution in [2.75, 3.05) is 18.5 Å². The maximum Gasteiger partial charge on any atom is 0.348 e. The Kier molecular flexibility index (Phi) is 7.20. The molecule has 2 heterocycles. The van der Waals surface area contributed by atoms with Crippen LogP contribution in [0.3, 0.4) is 0 Å². The number of hydrogen-bond donors (Lipinski definition) is 1. The lowest BCUT2D eigenvalue weighted by Crippen LogP contribution is -2.21. The van der Waals surface area contributed by atoms with Gasteiger partial charge in [0, 0.05) is 0 Å². The predicted octanol–water partition coefficient (Wildman–Crippen LogP) is 3.52. The van der Waals surface area contributed by atoms with Crippen LogP contribution in [0.15, 0.2) is 0 Å². The van der Waals surface area contributed by atoms with Crippen LogP contribution in [0, 0.1) is 20.8 Å². The summed E-state index contributed by atoms with van der Waals surface area (Å²) in [6.07, 6.45) is 0. The van der Waals surface area contributed by atoms with E-state index < -0.39 is 17.8 Å². The maximum absolute atomic E-state index is 12.5. The Labute approximate surface area is 171 Å². The second-order valence-electron chi connectivity index (χ2n) is 5.89. The zero-order valence-electron chi connectivity index (χ0n) is 16.3. The van der Waals surface area contributed by atoms with Crippen LogP contribution in [-0.2, 0) is 20.8 Å². The average Bonchev–Trinajstić information content (AvgIpc) is 3.07. The first-order valence-corrected chi connectivity index (χ1v) is 9.87. The first-order valence-electron chi connectivity index (χ1n) is 8.68. The maximum atomic E-state index is 12.5. The van der Waals surface area contributed by atoms with Gasteiger partial charge in [0.15, 0.2) is 0 Å². The molecule has 2 aromatic heterocycles. The van der Waals surface area contributed by atoms with Crippen molar-refractivity contribution >= 4 is 45.8 Å². The van der Waals surface area contributed by atoms with Gasteiger partial charge in [0.2, 0.25) is 5.91 Å². The molecular formula is C18H22ClN3O5S. The molecule has 0 saturated heterocycles. The van der Waals surface area contributed by atoms with Crippen LogP contribution in [0.4, 0.5) is 5.00 Å². The van der Waals surface area contributed by atoms with E-state index in [0.717, 1.165) is 11.3 Å². The fourth-order valence-electron chi connectivity index (χ4n) is 2.57. The van der Waals surface area contributed by atoms with Crippen LogP contribution in [0.1, 0.15) is 50.8 Å². The third kappa shape index (κ3) is 4.53. The van der Waals surface area contributed by atoms with Gasteiger partial charge in [-0.1, -0.05) is 11.6 Å². The van der Waals surface area contributed by atoms with Gasteiger partial charge < -0.3 is 14.8 Å². The predicted molar refractivity (Wildman–Crippen MR) is 106 cm³/mol. The first-order chi connectivity index (χ1) is 13.2. The topological polar surface area (TPSA) is 99.5 Å². The van der Waals surface area contributed by atoms with Gasteiger partial charge in [0.1, 0.15) is 16.4 Å². The van der Waals surface area contributed by atoms with Gasteiger partial charge in [0.25, 0.3) is 0 Å². The summed E-state index contributed by atoms with van der Waals surface area (Å²) in [5.74, 6) is -1.58. The van der Waals surface area contributed by atoms with E-state index in [2.05, 4.69) is 10.4 Å². The first kappa shape index (κ1) is 21.9. The van der Waals surface area contributed by atoms with Crippen LogP contribution in [0.2, 0.25) is 5.02 Å². The molecule has 0 atom stereocenters. The number of aromatic nitrogens is 2. The smallest absolute Gasteiger partial charge is 0.348 e. The molecule has 0 unspecified atom stereocenters. The van der Waals surface area contributed by atoms with Crippen molar-refractivity contribution in [2.45, 2.75) is 41.2 Å². The third-order valence-corrected chi connectivity index (χ3v) is 5.66. The number of anilines is 1. The lowest BCUT2D eigenvalue weighted by Gasteiger charge is -2.08. The van der Waals surface area contributed by atoms with E-state index in [9.17, 15) is 14.4 Å². The lowest BCUT2D eigenvalue weighted by atomic mass is 10.1. The van der Waals surface area contributed by atoms with Crippen molar-refractivity contribution in [1.29, 1.82) is 0 Å². The van der Waals surface area contributed by atoms with Crippen molar-refractivity contribution in [3.05, 3.63) is 32.4 Å². The molecule has 0 spiro atoms. The molecule has 152 valence electrons. The van der Waals surface area contributed by atoms with Crippen molar-refractivity contribution in [3.8, 4) is 0 Å². The zero-order valence-corrected chi connectivity index (χ0v) is 17.9. The number of esters is 2. The number of thiophene rings is 1. The van der Waals surface area contributed by atoms with Crippen molar-refractivity contribution < 1.29 is 23.9 Å². The molecule has 1 amide bonds. The minimum Gasteiger partial charge on any atom is -0.462 e. The highest BCUT2D eigenvalue weighted by atomic mass is 35.5. The molecule has 0 aromatic carbocycles. The summed E-state index contributed by atoms with van der Waals surface area (Å²) in [5, 5.41) is 7.62. The average molecular weight is 428 g/mol. The standard InChI is InChI=1S/C18H22ClN3O5S/c1-6-26-17(24)13-9(3)15(18(25)27-7-2)28-16(13)20-12(23)8-22-11(5)14(19)10(4)21-22/h6-8H2,1-5H3,(H,20,23). The van der Waals surface area contributed by atoms with E-state index >= 15 is 0 Å². The van der Waals surface area contributed by atoms with Gasteiger partial charge in [-0.05, 0) is 40.2 Å². The fourth-order valence-corrected chi connectivity index (χ4v) is 3.81. The van der Waals surface area contributed by atoms with E-state index in [1.807, 2.05) is 0 Å². The summed E-state index contributed by atoms with van der Waals surface area (Å²) in [4.78, 5) is 37.3. The highest BCUT2D eigenvalue weighted by Crippen LogP contribution is 2.34. The molecule has 1 N–H and O–H groups in total. The summed E-state index contributed by atoms with van der Waals surface area (Å²) < 4.78 is 11.6. The van der Waals surface area contributed by atoms with Gasteiger partial charge in [-0.3, -0.25) is 9.48 Å². The van der Waals surface area contributed by atoms with Gasteiger partial charge >= 0.3 is 11.9 Å². The Morgan fingerprint density at radius 1 is 1.11 bits per heavy atom. The zero-order chi connectivity index (χ0) is 21.0. The lowest BCUT2D eigenvalue weighted by molar-refractivity contribution is -0.116. The Morgan fingerprint density at radius 2 is 1.71 bits per heavy atom. The van der Waals surface area contributed by atoms with Crippen LogP contribution in [-0.4, -0.2) is 40.8 Å². The van der Waals surface area contributed by atoms with Crippen molar-refractivity contribution in [3.63, 3.8) is 0 Å². The molecule has 2 rings (SSSR count). The normalized spacial score (nSPS) is 10.6. The number of halogens is 1. The molecule has 0 aliphatic carbocycles. The van der Waals surface area contributed by atoms with Gasteiger partial charge in [-0.15, -0.1) is 11.3 Å². The molecule has 0 aliphatic heterocycles. The van der Waals surface area contributed by atoms with Crippen LogP contribution >= 0.6 is 22.9 Å². The number of carbonyl (C=O) groups excluding carboxylic acids is 3. The number of aryl methyl sites for hydroxylation is 1. The monoisotopic (exact) mass is 427 g/mol. The Morgan fingerprint density at radius 3 is 2.25 bits per heavy atom. The largest absolute Gasteiger partial charge is 0.462 e. The molecular weight excluding hydrogens is 406 g/mol. The quantitative estimate of drug-likeness (QED) is 0.678. The number of ether oxygens (including phenoxy) is 2. The highest BCUT2D eigenvalue weighted by molar-refractivity contribution is 7.18. The minimum atomic E-state index is -0.615. The molecule has 28 heavy (non-hydrogen) atoms. The van der Waals surface area contributed by atoms with E-state index in [0.29, 0.717) is 22.0 Å². The molecule has 2 aromatic rings. The van der Waals surface area contributed by atoms with Crippen molar-refractivity contribution in [2.24, 2.45) is 0 Å². The Balaban J connectivity index is 2.33. The SMILES string of the molecule is CCOC(=O)c1sc(NC(=O)Cn2nc(C)c(Cl)c2C)c(C(=O)OCC)c1C. The molecule has 0 radical (unpaired) electrons. The van der Waals surface area contributed by atoms with Crippen molar-refractivity contribution in [1.82, 2.24) is 9.78 Å². The highest BCUT2D eigenvalue weighted by Gasteiger charge is 2.27. The third-order valence-electron chi connectivity index (χ3n) is 3.93. The molecule has 0 saturated carbocycles. The van der Waals surface area contributed by atoms with Gasteiger partial charge in [-0.2, -0.15) is 5.10 Å². The Bertz CT molecular complexity index is 919. The summed E-state index contributed by atoms with van der Waals surface area (Å²) in [5.41, 5.74) is 1.84. The summed E-state index contributed by atoms with van der Waals surface area (Å²) in [6, 6.07) is 0. The second-order valence-corrected chi connectivity index (χ2v) is 7.29. The number of carbonyl (C=O) groups is 3. The Hall–Kier alpha value is -2.39. The number of nitrogens with zero attached hydrogens (tertiary/aromatic N) is 2. The molecule has 10 heteroatoms. The summed E-state index contributed by atoms with van der Waals surface area (Å²) in [6.45, 7) is 8.77. The van der Waals surface area contributed by atoms with E-state index in [4.69, 9.17) is 21.1 Å². The van der Waals surface area contributed by atoms with Gasteiger partial charge in [-0.25, -0.2) is 9.59 Å². The van der Waals surface area contributed by atoms with E-state index in [1.165, 1.54) is 4.68 Å². The molecule has 0 fully saturated rings. The summed E-state index contributed by atoms with van der Waals surface area (Å²) in [7, 11) is 0. The number of rotatable bonds is 7. The number of hydrogen-bond acceptors (Lipinski definition) is 7. The van der Waals surface area contributed by atoms with E-state index in [-0.39, 0.29) is 35.2 Å². The number of nitrogens with one attached hydrogen (secondary N) is 1. The van der Waals surface area contributed by atoms with Gasteiger partial charge in [0.05, 0.1) is 35.2 Å². The fraction of sp³-hybridized carbons (Fsp3) is 0.444. The molecule has 0 aliphatic rings. The minimum absolute atomic E-state index is 0.0899. The van der Waals surface area contributed by atoms with E-state index in [1.54, 1.807) is 34.6 Å².